The molecule has 2 aromatic rings. The molecule has 6 heteroatoms. The van der Waals surface area contributed by atoms with E-state index >= 15 is 0 Å². The van der Waals surface area contributed by atoms with Crippen molar-refractivity contribution < 1.29 is 23.4 Å². The second kappa shape index (κ2) is 6.00. The zero-order valence-electron chi connectivity index (χ0n) is 10.1. The van der Waals surface area contributed by atoms with Gasteiger partial charge in [-0.25, -0.2) is 13.6 Å². The Kier molecular flexibility index (Phi) is 4.34. The predicted molar refractivity (Wildman–Crippen MR) is 71.8 cm³/mol. The van der Waals surface area contributed by atoms with E-state index in [-0.39, 0.29) is 16.6 Å². The van der Waals surface area contributed by atoms with Crippen molar-refractivity contribution in [1.82, 2.24) is 0 Å². The smallest absolute Gasteiger partial charge is 0.336 e. The highest BCUT2D eigenvalue weighted by Crippen LogP contribution is 2.23. The molecule has 1 N–H and O–H groups in total. The van der Waals surface area contributed by atoms with Gasteiger partial charge in [0.05, 0.1) is 10.0 Å². The Bertz CT molecular complexity index is 659. The second-order valence-electron chi connectivity index (χ2n) is 3.97. The first-order valence-corrected chi connectivity index (χ1v) is 6.36. The normalized spacial score (nSPS) is 10.3. The molecule has 2 aromatic carbocycles. The number of carboxylic acids is 1. The molecule has 0 atom stereocenters. The van der Waals surface area contributed by atoms with Gasteiger partial charge in [-0.15, -0.1) is 0 Å². The van der Waals surface area contributed by atoms with Gasteiger partial charge < -0.3 is 9.84 Å². The molecule has 0 aliphatic carbocycles. The number of ether oxygens (including phenoxy) is 1. The van der Waals surface area contributed by atoms with Gasteiger partial charge in [0, 0.05) is 5.56 Å². The maximum absolute atomic E-state index is 13.1. The lowest BCUT2D eigenvalue weighted by molar-refractivity contribution is 0.0693. The third-order valence-electron chi connectivity index (χ3n) is 2.59. The summed E-state index contributed by atoms with van der Waals surface area (Å²) in [7, 11) is 0. The first kappa shape index (κ1) is 14.5. The fourth-order valence-corrected chi connectivity index (χ4v) is 1.96. The molecule has 2 rings (SSSR count). The Hall–Kier alpha value is -1.95. The summed E-state index contributed by atoms with van der Waals surface area (Å²) in [5, 5.41) is 8.99. The molecule has 0 fully saturated rings. The van der Waals surface area contributed by atoms with E-state index < -0.39 is 17.6 Å². The van der Waals surface area contributed by atoms with Gasteiger partial charge in [-0.3, -0.25) is 0 Å². The lowest BCUT2D eigenvalue weighted by Crippen LogP contribution is -2.06. The number of hydrogen-bond donors (Lipinski definition) is 1. The average molecular weight is 343 g/mol. The van der Waals surface area contributed by atoms with Crippen LogP contribution < -0.4 is 4.74 Å². The first-order chi connectivity index (χ1) is 9.47. The topological polar surface area (TPSA) is 46.5 Å². The van der Waals surface area contributed by atoms with Crippen LogP contribution >= 0.6 is 15.9 Å². The molecule has 0 unspecified atom stereocenters. The van der Waals surface area contributed by atoms with Crippen LogP contribution in [0.5, 0.6) is 5.75 Å². The molecular formula is C14H9BrF2O3. The highest BCUT2D eigenvalue weighted by atomic mass is 79.9. The van der Waals surface area contributed by atoms with E-state index in [1.165, 1.54) is 24.3 Å². The first-order valence-electron chi connectivity index (χ1n) is 5.57. The van der Waals surface area contributed by atoms with Crippen LogP contribution in [0.3, 0.4) is 0 Å². The maximum atomic E-state index is 13.1. The molecule has 0 aromatic heterocycles. The van der Waals surface area contributed by atoms with E-state index in [9.17, 15) is 13.6 Å². The highest BCUT2D eigenvalue weighted by molar-refractivity contribution is 9.10. The molecule has 0 radical (unpaired) electrons. The molecule has 0 amide bonds. The summed E-state index contributed by atoms with van der Waals surface area (Å²) >= 11 is 3.02. The van der Waals surface area contributed by atoms with Crippen molar-refractivity contribution in [3.63, 3.8) is 0 Å². The third-order valence-corrected chi connectivity index (χ3v) is 3.20. The van der Waals surface area contributed by atoms with Crippen LogP contribution in [0.15, 0.2) is 40.9 Å². The van der Waals surface area contributed by atoms with E-state index in [1.807, 2.05) is 0 Å². The minimum absolute atomic E-state index is 0.0556. The SMILES string of the molecule is O=C(O)c1cc(F)ccc1COc1ccc(F)c(Br)c1. The van der Waals surface area contributed by atoms with E-state index in [1.54, 1.807) is 0 Å². The lowest BCUT2D eigenvalue weighted by Gasteiger charge is -2.09. The van der Waals surface area contributed by atoms with E-state index in [2.05, 4.69) is 15.9 Å². The van der Waals surface area contributed by atoms with Gasteiger partial charge in [-0.05, 0) is 46.3 Å². The summed E-state index contributed by atoms with van der Waals surface area (Å²) in [6, 6.07) is 7.51. The molecule has 0 saturated heterocycles. The van der Waals surface area contributed by atoms with Crippen molar-refractivity contribution in [2.24, 2.45) is 0 Å². The third kappa shape index (κ3) is 3.33. The Morgan fingerprint density at radius 1 is 1.20 bits per heavy atom. The molecule has 20 heavy (non-hydrogen) atoms. The largest absolute Gasteiger partial charge is 0.489 e. The number of aromatic carboxylic acids is 1. The number of hydrogen-bond acceptors (Lipinski definition) is 2. The van der Waals surface area contributed by atoms with Crippen LogP contribution in [0.4, 0.5) is 8.78 Å². The number of benzene rings is 2. The minimum atomic E-state index is -1.23. The van der Waals surface area contributed by atoms with Crippen molar-refractivity contribution in [3.05, 3.63) is 63.6 Å². The van der Waals surface area contributed by atoms with Crippen molar-refractivity contribution in [3.8, 4) is 5.75 Å². The molecule has 0 aliphatic rings. The Morgan fingerprint density at radius 3 is 2.60 bits per heavy atom. The van der Waals surface area contributed by atoms with Gasteiger partial charge in [-0.2, -0.15) is 0 Å². The van der Waals surface area contributed by atoms with Gasteiger partial charge in [0.15, 0.2) is 0 Å². The second-order valence-corrected chi connectivity index (χ2v) is 4.83. The number of rotatable bonds is 4. The average Bonchev–Trinajstić information content (AvgIpc) is 2.41. The summed E-state index contributed by atoms with van der Waals surface area (Å²) in [4.78, 5) is 11.0. The predicted octanol–water partition coefficient (Wildman–Crippen LogP) is 4.00. The maximum Gasteiger partial charge on any atom is 0.336 e. The van der Waals surface area contributed by atoms with Crippen molar-refractivity contribution in [1.29, 1.82) is 0 Å². The van der Waals surface area contributed by atoms with Gasteiger partial charge in [-0.1, -0.05) is 6.07 Å². The van der Waals surface area contributed by atoms with Crippen molar-refractivity contribution >= 4 is 21.9 Å². The molecule has 3 nitrogen and oxygen atoms in total. The number of carbonyl (C=O) groups is 1. The van der Waals surface area contributed by atoms with E-state index in [4.69, 9.17) is 9.84 Å². The lowest BCUT2D eigenvalue weighted by atomic mass is 10.1. The summed E-state index contributed by atoms with van der Waals surface area (Å²) in [5.41, 5.74) is 0.172. The zero-order valence-corrected chi connectivity index (χ0v) is 11.7. The standard InChI is InChI=1S/C14H9BrF2O3/c15-12-6-10(3-4-13(12)17)20-7-8-1-2-9(16)5-11(8)14(18)19/h1-6H,7H2,(H,18,19). The quantitative estimate of drug-likeness (QED) is 0.913. The van der Waals surface area contributed by atoms with Crippen molar-refractivity contribution in [2.45, 2.75) is 6.61 Å². The Labute approximate surface area is 121 Å². The van der Waals surface area contributed by atoms with Gasteiger partial charge in [0.25, 0.3) is 0 Å². The van der Waals surface area contributed by atoms with Gasteiger partial charge in [0.2, 0.25) is 0 Å². The highest BCUT2D eigenvalue weighted by Gasteiger charge is 2.12. The molecule has 0 spiro atoms. The monoisotopic (exact) mass is 342 g/mol. The Morgan fingerprint density at radius 2 is 1.95 bits per heavy atom. The van der Waals surface area contributed by atoms with E-state index in [0.29, 0.717) is 11.3 Å². The number of carboxylic acid groups (broad SMARTS) is 1. The minimum Gasteiger partial charge on any atom is -0.489 e. The Balaban J connectivity index is 2.18. The van der Waals surface area contributed by atoms with Crippen molar-refractivity contribution in [2.75, 3.05) is 0 Å². The van der Waals surface area contributed by atoms with Crippen LogP contribution in [0.2, 0.25) is 0 Å². The molecule has 0 saturated carbocycles. The summed E-state index contributed by atoms with van der Waals surface area (Å²) < 4.78 is 31.7. The van der Waals surface area contributed by atoms with Gasteiger partial charge >= 0.3 is 5.97 Å². The van der Waals surface area contributed by atoms with Crippen LogP contribution in [-0.2, 0) is 6.61 Å². The summed E-state index contributed by atoms with van der Waals surface area (Å²) in [6.07, 6.45) is 0. The molecule has 0 heterocycles. The van der Waals surface area contributed by atoms with Crippen LogP contribution in [0, 0.1) is 11.6 Å². The van der Waals surface area contributed by atoms with Crippen LogP contribution in [-0.4, -0.2) is 11.1 Å². The molecule has 0 bridgehead atoms. The fraction of sp³-hybridized carbons (Fsp3) is 0.0714. The summed E-state index contributed by atoms with van der Waals surface area (Å²) in [5.74, 6) is -1.91. The van der Waals surface area contributed by atoms with Crippen LogP contribution in [0.25, 0.3) is 0 Å². The molecule has 0 aliphatic heterocycles. The fourth-order valence-electron chi connectivity index (χ4n) is 1.60. The zero-order chi connectivity index (χ0) is 14.7. The summed E-state index contributed by atoms with van der Waals surface area (Å²) in [6.45, 7) is -0.0556. The van der Waals surface area contributed by atoms with E-state index in [0.717, 1.165) is 12.1 Å². The van der Waals surface area contributed by atoms with Crippen LogP contribution in [0.1, 0.15) is 15.9 Å². The van der Waals surface area contributed by atoms with Gasteiger partial charge in [0.1, 0.15) is 24.0 Å². The molecular weight excluding hydrogens is 334 g/mol. The number of halogens is 3. The molecule has 104 valence electrons.